The molecule has 1 fully saturated rings. The third-order valence-corrected chi connectivity index (χ3v) is 5.06. The van der Waals surface area contributed by atoms with Crippen molar-refractivity contribution in [3.8, 4) is 5.75 Å². The summed E-state index contributed by atoms with van der Waals surface area (Å²) in [4.78, 5) is 36.4. The van der Waals surface area contributed by atoms with Crippen molar-refractivity contribution >= 4 is 29.1 Å². The van der Waals surface area contributed by atoms with Crippen LogP contribution < -0.4 is 20.8 Å². The zero-order valence-corrected chi connectivity index (χ0v) is 15.8. The van der Waals surface area contributed by atoms with Crippen LogP contribution in [0.3, 0.4) is 0 Å². The fourth-order valence-corrected chi connectivity index (χ4v) is 3.51. The molecule has 0 bridgehead atoms. The van der Waals surface area contributed by atoms with Crippen molar-refractivity contribution in [3.63, 3.8) is 0 Å². The molecule has 2 aliphatic heterocycles. The second-order valence-corrected chi connectivity index (χ2v) is 6.96. The van der Waals surface area contributed by atoms with Crippen LogP contribution in [0.5, 0.6) is 5.75 Å². The Morgan fingerprint density at radius 3 is 2.76 bits per heavy atom. The summed E-state index contributed by atoms with van der Waals surface area (Å²) in [5.74, 6) is -1.49. The summed E-state index contributed by atoms with van der Waals surface area (Å²) < 4.78 is 5.34. The van der Waals surface area contributed by atoms with Gasteiger partial charge in [-0.05, 0) is 36.2 Å². The lowest BCUT2D eigenvalue weighted by Gasteiger charge is -2.18. The summed E-state index contributed by atoms with van der Waals surface area (Å²) in [6.07, 6.45) is 0. The van der Waals surface area contributed by atoms with Crippen LogP contribution in [0.2, 0.25) is 0 Å². The summed E-state index contributed by atoms with van der Waals surface area (Å²) in [7, 11) is 0. The smallest absolute Gasteiger partial charge is 0.262 e. The first-order valence-corrected chi connectivity index (χ1v) is 9.27. The van der Waals surface area contributed by atoms with E-state index in [4.69, 9.17) is 4.74 Å². The molecule has 29 heavy (non-hydrogen) atoms. The first-order valence-electron chi connectivity index (χ1n) is 9.27. The summed E-state index contributed by atoms with van der Waals surface area (Å²) in [6, 6.07) is 14.7. The Hall–Kier alpha value is -3.68. The molecule has 2 atom stereocenters. The SMILES string of the molecule is CC(=NNC(=O)C1C(=O)NCC1c1ccccc1)c1ccc2c(c1)NC(=O)CO2. The van der Waals surface area contributed by atoms with Gasteiger partial charge in [-0.1, -0.05) is 30.3 Å². The van der Waals surface area contributed by atoms with Crippen LogP contribution in [0, 0.1) is 5.92 Å². The van der Waals surface area contributed by atoms with Gasteiger partial charge in [0.25, 0.3) is 11.8 Å². The molecule has 0 radical (unpaired) electrons. The molecule has 2 aliphatic rings. The maximum absolute atomic E-state index is 12.7. The van der Waals surface area contributed by atoms with Gasteiger partial charge in [0, 0.05) is 12.5 Å². The minimum atomic E-state index is -0.842. The third-order valence-electron chi connectivity index (χ3n) is 5.06. The van der Waals surface area contributed by atoms with Crippen molar-refractivity contribution in [1.82, 2.24) is 10.7 Å². The number of nitrogens with one attached hydrogen (secondary N) is 3. The fourth-order valence-electron chi connectivity index (χ4n) is 3.51. The molecule has 0 saturated carbocycles. The molecule has 8 nitrogen and oxygen atoms in total. The first kappa shape index (κ1) is 18.7. The average Bonchev–Trinajstić information content (AvgIpc) is 3.13. The number of carbonyl (C=O) groups is 3. The van der Waals surface area contributed by atoms with E-state index in [1.807, 2.05) is 30.3 Å². The summed E-state index contributed by atoms with van der Waals surface area (Å²) in [5.41, 5.74) is 5.24. The Labute approximate surface area is 167 Å². The van der Waals surface area contributed by atoms with E-state index in [2.05, 4.69) is 21.2 Å². The van der Waals surface area contributed by atoms with Crippen molar-refractivity contribution < 1.29 is 19.1 Å². The average molecular weight is 392 g/mol. The van der Waals surface area contributed by atoms with Crippen LogP contribution in [-0.2, 0) is 14.4 Å². The van der Waals surface area contributed by atoms with Gasteiger partial charge in [-0.25, -0.2) is 5.43 Å². The van der Waals surface area contributed by atoms with Gasteiger partial charge < -0.3 is 15.4 Å². The molecule has 8 heteroatoms. The van der Waals surface area contributed by atoms with E-state index in [1.54, 1.807) is 25.1 Å². The predicted octanol–water partition coefficient (Wildman–Crippen LogP) is 1.39. The highest BCUT2D eigenvalue weighted by molar-refractivity contribution is 6.05. The number of amides is 3. The first-order chi connectivity index (χ1) is 14.0. The summed E-state index contributed by atoms with van der Waals surface area (Å²) in [5, 5.41) is 9.64. The highest BCUT2D eigenvalue weighted by Crippen LogP contribution is 2.30. The van der Waals surface area contributed by atoms with Gasteiger partial charge in [0.2, 0.25) is 5.91 Å². The second-order valence-electron chi connectivity index (χ2n) is 6.96. The molecular formula is C21H20N4O4. The Balaban J connectivity index is 1.49. The zero-order chi connectivity index (χ0) is 20.4. The summed E-state index contributed by atoms with van der Waals surface area (Å²) in [6.45, 7) is 2.13. The molecule has 2 heterocycles. The number of hydrazone groups is 1. The van der Waals surface area contributed by atoms with Crippen LogP contribution in [0.15, 0.2) is 53.6 Å². The van der Waals surface area contributed by atoms with E-state index in [-0.39, 0.29) is 24.3 Å². The topological polar surface area (TPSA) is 109 Å². The molecule has 0 spiro atoms. The Morgan fingerprint density at radius 1 is 1.17 bits per heavy atom. The highest BCUT2D eigenvalue weighted by Gasteiger charge is 2.41. The Bertz CT molecular complexity index is 1000. The number of benzene rings is 2. The molecule has 0 aromatic heterocycles. The third kappa shape index (κ3) is 3.82. The van der Waals surface area contributed by atoms with E-state index >= 15 is 0 Å². The Kier molecular flexibility index (Phi) is 4.99. The zero-order valence-electron chi connectivity index (χ0n) is 15.8. The molecule has 4 rings (SSSR count). The second kappa shape index (κ2) is 7.75. The number of carbonyl (C=O) groups excluding carboxylic acids is 3. The lowest BCUT2D eigenvalue weighted by Crippen LogP contribution is -2.35. The van der Waals surface area contributed by atoms with Crippen LogP contribution in [0.4, 0.5) is 5.69 Å². The van der Waals surface area contributed by atoms with Crippen molar-refractivity contribution in [3.05, 3.63) is 59.7 Å². The van der Waals surface area contributed by atoms with Gasteiger partial charge >= 0.3 is 0 Å². The van der Waals surface area contributed by atoms with Gasteiger partial charge in [-0.3, -0.25) is 14.4 Å². The molecule has 3 amide bonds. The largest absolute Gasteiger partial charge is 0.482 e. The van der Waals surface area contributed by atoms with Gasteiger partial charge in [-0.15, -0.1) is 0 Å². The number of nitrogens with zero attached hydrogens (tertiary/aromatic N) is 1. The van der Waals surface area contributed by atoms with E-state index < -0.39 is 11.8 Å². The van der Waals surface area contributed by atoms with Crippen LogP contribution >= 0.6 is 0 Å². The quantitative estimate of drug-likeness (QED) is 0.415. The Morgan fingerprint density at radius 2 is 1.97 bits per heavy atom. The number of rotatable bonds is 4. The molecule has 2 aromatic carbocycles. The maximum Gasteiger partial charge on any atom is 0.262 e. The monoisotopic (exact) mass is 392 g/mol. The van der Waals surface area contributed by atoms with Crippen molar-refractivity contribution in [1.29, 1.82) is 0 Å². The maximum atomic E-state index is 12.7. The van der Waals surface area contributed by atoms with Gasteiger partial charge in [0.05, 0.1) is 11.4 Å². The molecule has 2 unspecified atom stereocenters. The van der Waals surface area contributed by atoms with E-state index in [0.29, 0.717) is 29.3 Å². The lowest BCUT2D eigenvalue weighted by atomic mass is 9.88. The van der Waals surface area contributed by atoms with Crippen LogP contribution in [0.1, 0.15) is 24.0 Å². The number of hydrogen-bond acceptors (Lipinski definition) is 5. The number of hydrogen-bond donors (Lipinski definition) is 3. The number of ether oxygens (including phenoxy) is 1. The van der Waals surface area contributed by atoms with Crippen molar-refractivity contribution in [2.75, 3.05) is 18.5 Å². The number of anilines is 1. The van der Waals surface area contributed by atoms with Crippen molar-refractivity contribution in [2.24, 2.45) is 11.0 Å². The molecule has 3 N–H and O–H groups in total. The van der Waals surface area contributed by atoms with Gasteiger partial charge in [-0.2, -0.15) is 5.10 Å². The molecule has 2 aromatic rings. The highest BCUT2D eigenvalue weighted by atomic mass is 16.5. The van der Waals surface area contributed by atoms with Crippen LogP contribution in [-0.4, -0.2) is 36.6 Å². The van der Waals surface area contributed by atoms with Gasteiger partial charge in [0.15, 0.2) is 6.61 Å². The molecule has 1 saturated heterocycles. The molecule has 0 aliphatic carbocycles. The minimum Gasteiger partial charge on any atom is -0.482 e. The van der Waals surface area contributed by atoms with E-state index in [1.165, 1.54) is 0 Å². The predicted molar refractivity (Wildman–Crippen MR) is 107 cm³/mol. The normalized spacial score (nSPS) is 20.9. The van der Waals surface area contributed by atoms with E-state index in [0.717, 1.165) is 5.56 Å². The van der Waals surface area contributed by atoms with Crippen LogP contribution in [0.25, 0.3) is 0 Å². The minimum absolute atomic E-state index is 0.0124. The number of fused-ring (bicyclic) bond motifs is 1. The van der Waals surface area contributed by atoms with Gasteiger partial charge in [0.1, 0.15) is 11.7 Å². The fraction of sp³-hybridized carbons (Fsp3) is 0.238. The lowest BCUT2D eigenvalue weighted by molar-refractivity contribution is -0.133. The van der Waals surface area contributed by atoms with Crippen molar-refractivity contribution in [2.45, 2.75) is 12.8 Å². The standard InChI is InChI=1S/C21H20N4O4/c1-12(14-7-8-17-16(9-14)23-18(26)11-29-17)24-25-21(28)19-15(10-22-20(19)27)13-5-3-2-4-6-13/h2-9,15,19H,10-11H2,1H3,(H,22,27)(H,23,26)(H,25,28). The molecular weight excluding hydrogens is 372 g/mol. The summed E-state index contributed by atoms with van der Waals surface area (Å²) >= 11 is 0. The molecule has 148 valence electrons. The van der Waals surface area contributed by atoms with E-state index in [9.17, 15) is 14.4 Å².